The normalized spacial score (nSPS) is 20.3. The van der Waals surface area contributed by atoms with Gasteiger partial charge in [-0.3, -0.25) is 0 Å². The summed E-state index contributed by atoms with van der Waals surface area (Å²) >= 11 is 0. The minimum atomic E-state index is 0.134. The highest BCUT2D eigenvalue weighted by atomic mass is 16.4. The summed E-state index contributed by atoms with van der Waals surface area (Å²) in [5, 5.41) is 11.6. The molecule has 1 saturated carbocycles. The van der Waals surface area contributed by atoms with Crippen molar-refractivity contribution in [1.82, 2.24) is 4.90 Å². The van der Waals surface area contributed by atoms with Gasteiger partial charge < -0.3 is 15.8 Å². The summed E-state index contributed by atoms with van der Waals surface area (Å²) in [5.74, 6) is 1.35. The second-order valence-electron chi connectivity index (χ2n) is 4.58. The lowest BCUT2D eigenvalue weighted by Crippen LogP contribution is -2.38. The first kappa shape index (κ1) is 12.3. The fourth-order valence-corrected chi connectivity index (χ4v) is 1.95. The van der Waals surface area contributed by atoms with Crippen molar-refractivity contribution in [3.05, 3.63) is 0 Å². The van der Waals surface area contributed by atoms with E-state index in [0.29, 0.717) is 5.84 Å². The zero-order valence-electron chi connectivity index (χ0n) is 9.82. The molecular weight excluding hydrogens is 190 g/mol. The average Bonchev–Trinajstić information content (AvgIpc) is 2.19. The van der Waals surface area contributed by atoms with E-state index < -0.39 is 0 Å². The minimum Gasteiger partial charge on any atom is -0.409 e. The van der Waals surface area contributed by atoms with E-state index in [1.165, 1.54) is 25.8 Å². The smallest absolute Gasteiger partial charge is 0.143 e. The van der Waals surface area contributed by atoms with Crippen LogP contribution in [0.3, 0.4) is 0 Å². The molecule has 4 nitrogen and oxygen atoms in total. The van der Waals surface area contributed by atoms with Gasteiger partial charge in [-0.2, -0.15) is 0 Å². The van der Waals surface area contributed by atoms with Crippen molar-refractivity contribution in [1.29, 1.82) is 0 Å². The van der Waals surface area contributed by atoms with Gasteiger partial charge in [0, 0.05) is 19.0 Å². The van der Waals surface area contributed by atoms with E-state index in [4.69, 9.17) is 10.9 Å². The molecule has 4 heteroatoms. The molecule has 88 valence electrons. The van der Waals surface area contributed by atoms with Crippen LogP contribution in [0.4, 0.5) is 0 Å². The Balaban J connectivity index is 2.31. The van der Waals surface area contributed by atoms with E-state index in [9.17, 15) is 0 Å². The Labute approximate surface area is 92.1 Å². The zero-order chi connectivity index (χ0) is 11.3. The summed E-state index contributed by atoms with van der Waals surface area (Å²) in [6, 6.07) is 0. The molecule has 0 aliphatic heterocycles. The van der Waals surface area contributed by atoms with Crippen LogP contribution in [-0.4, -0.2) is 35.6 Å². The van der Waals surface area contributed by atoms with Crippen LogP contribution in [-0.2, 0) is 0 Å². The fourth-order valence-electron chi connectivity index (χ4n) is 1.95. The van der Waals surface area contributed by atoms with Crippen molar-refractivity contribution < 1.29 is 5.21 Å². The van der Waals surface area contributed by atoms with Crippen LogP contribution in [0, 0.1) is 11.8 Å². The van der Waals surface area contributed by atoms with Gasteiger partial charge in [0.05, 0.1) is 0 Å². The Hall–Kier alpha value is -0.770. The molecule has 0 aromatic rings. The van der Waals surface area contributed by atoms with Crippen LogP contribution < -0.4 is 5.73 Å². The van der Waals surface area contributed by atoms with Crippen LogP contribution in [0.2, 0.25) is 0 Å². The third kappa shape index (κ3) is 3.70. The number of amidine groups is 1. The van der Waals surface area contributed by atoms with Crippen LogP contribution in [0.5, 0.6) is 0 Å². The van der Waals surface area contributed by atoms with E-state index in [-0.39, 0.29) is 5.92 Å². The number of nitrogens with two attached hydrogens (primary N) is 1. The standard InChI is InChI=1S/C11H23N3O/c1-3-14(8-10-5-4-6-10)7-9(2)11(12)13-15/h9-10,15H,3-8H2,1-2H3,(H2,12,13). The first-order valence-corrected chi connectivity index (χ1v) is 5.87. The second kappa shape index (κ2) is 5.95. The first-order valence-electron chi connectivity index (χ1n) is 5.87. The van der Waals surface area contributed by atoms with Gasteiger partial charge in [0.15, 0.2) is 0 Å². The van der Waals surface area contributed by atoms with Gasteiger partial charge in [-0.05, 0) is 25.3 Å². The van der Waals surface area contributed by atoms with Gasteiger partial charge in [-0.15, -0.1) is 0 Å². The molecule has 1 fully saturated rings. The van der Waals surface area contributed by atoms with Gasteiger partial charge in [0.2, 0.25) is 0 Å². The number of nitrogens with zero attached hydrogens (tertiary/aromatic N) is 2. The molecule has 1 aliphatic carbocycles. The topological polar surface area (TPSA) is 61.8 Å². The third-order valence-electron chi connectivity index (χ3n) is 3.34. The van der Waals surface area contributed by atoms with Crippen molar-refractivity contribution >= 4 is 5.84 Å². The highest BCUT2D eigenvalue weighted by Crippen LogP contribution is 2.27. The van der Waals surface area contributed by atoms with E-state index in [2.05, 4.69) is 17.0 Å². The predicted molar refractivity (Wildman–Crippen MR) is 62.0 cm³/mol. The molecule has 0 saturated heterocycles. The summed E-state index contributed by atoms with van der Waals surface area (Å²) in [7, 11) is 0. The van der Waals surface area contributed by atoms with Gasteiger partial charge in [0.25, 0.3) is 0 Å². The van der Waals surface area contributed by atoms with Crippen molar-refractivity contribution in [2.45, 2.75) is 33.1 Å². The molecular formula is C11H23N3O. The molecule has 1 unspecified atom stereocenters. The van der Waals surface area contributed by atoms with Gasteiger partial charge in [0.1, 0.15) is 5.84 Å². The van der Waals surface area contributed by atoms with Gasteiger partial charge in [-0.1, -0.05) is 25.4 Å². The molecule has 1 aliphatic rings. The molecule has 0 heterocycles. The van der Waals surface area contributed by atoms with E-state index in [1.807, 2.05) is 6.92 Å². The third-order valence-corrected chi connectivity index (χ3v) is 3.34. The maximum atomic E-state index is 8.57. The molecule has 0 aromatic heterocycles. The maximum Gasteiger partial charge on any atom is 0.143 e. The van der Waals surface area contributed by atoms with E-state index in [1.54, 1.807) is 0 Å². The van der Waals surface area contributed by atoms with Crippen LogP contribution >= 0.6 is 0 Å². The highest BCUT2D eigenvalue weighted by molar-refractivity contribution is 5.82. The summed E-state index contributed by atoms with van der Waals surface area (Å²) in [6.45, 7) is 7.26. The van der Waals surface area contributed by atoms with Gasteiger partial charge in [-0.25, -0.2) is 0 Å². The monoisotopic (exact) mass is 213 g/mol. The molecule has 15 heavy (non-hydrogen) atoms. The van der Waals surface area contributed by atoms with Crippen molar-refractivity contribution in [3.63, 3.8) is 0 Å². The Morgan fingerprint density at radius 3 is 2.67 bits per heavy atom. The SMILES string of the molecule is CCN(CC1CCC1)CC(C)C(N)=NO. The number of hydrogen-bond donors (Lipinski definition) is 2. The molecule has 1 atom stereocenters. The van der Waals surface area contributed by atoms with E-state index in [0.717, 1.165) is 19.0 Å². The first-order chi connectivity index (χ1) is 7.17. The lowest BCUT2D eigenvalue weighted by molar-refractivity contribution is 0.176. The molecule has 0 bridgehead atoms. The Kier molecular flexibility index (Phi) is 4.88. The summed E-state index contributed by atoms with van der Waals surface area (Å²) < 4.78 is 0. The molecule has 3 N–H and O–H groups in total. The maximum absolute atomic E-state index is 8.57. The van der Waals surface area contributed by atoms with Crippen molar-refractivity contribution in [2.75, 3.05) is 19.6 Å². The number of hydrogen-bond acceptors (Lipinski definition) is 3. The van der Waals surface area contributed by atoms with E-state index >= 15 is 0 Å². The molecule has 0 amide bonds. The van der Waals surface area contributed by atoms with Crippen molar-refractivity contribution in [3.8, 4) is 0 Å². The number of rotatable bonds is 6. The second-order valence-corrected chi connectivity index (χ2v) is 4.58. The largest absolute Gasteiger partial charge is 0.409 e. The van der Waals surface area contributed by atoms with Gasteiger partial charge >= 0.3 is 0 Å². The summed E-state index contributed by atoms with van der Waals surface area (Å²) in [6.07, 6.45) is 4.13. The summed E-state index contributed by atoms with van der Waals surface area (Å²) in [5.41, 5.74) is 5.57. The van der Waals surface area contributed by atoms with Crippen LogP contribution in [0.15, 0.2) is 5.16 Å². The highest BCUT2D eigenvalue weighted by Gasteiger charge is 2.21. The average molecular weight is 213 g/mol. The van der Waals surface area contributed by atoms with Crippen LogP contribution in [0.1, 0.15) is 33.1 Å². The molecule has 0 aromatic carbocycles. The molecule has 0 spiro atoms. The Bertz CT molecular complexity index is 214. The number of oxime groups is 1. The molecule has 1 rings (SSSR count). The Morgan fingerprint density at radius 1 is 1.60 bits per heavy atom. The lowest BCUT2D eigenvalue weighted by Gasteiger charge is -2.32. The minimum absolute atomic E-state index is 0.134. The zero-order valence-corrected chi connectivity index (χ0v) is 9.82. The lowest BCUT2D eigenvalue weighted by atomic mass is 9.85. The molecule has 0 radical (unpaired) electrons. The summed E-state index contributed by atoms with van der Waals surface area (Å²) in [4.78, 5) is 2.40. The quantitative estimate of drug-likeness (QED) is 0.304. The fraction of sp³-hybridized carbons (Fsp3) is 0.909. The Morgan fingerprint density at radius 2 is 2.27 bits per heavy atom. The van der Waals surface area contributed by atoms with Crippen molar-refractivity contribution in [2.24, 2.45) is 22.7 Å². The van der Waals surface area contributed by atoms with Crippen LogP contribution in [0.25, 0.3) is 0 Å². The predicted octanol–water partition coefficient (Wildman–Crippen LogP) is 1.49.